The summed E-state index contributed by atoms with van der Waals surface area (Å²) in [4.78, 5) is 12.3. The van der Waals surface area contributed by atoms with Gasteiger partial charge in [-0.2, -0.15) is 0 Å². The van der Waals surface area contributed by atoms with E-state index in [1.807, 2.05) is 57.2 Å². The minimum atomic E-state index is -0.0795. The van der Waals surface area contributed by atoms with Gasteiger partial charge < -0.3 is 14.8 Å². The average molecular weight is 327 g/mol. The summed E-state index contributed by atoms with van der Waals surface area (Å²) < 4.78 is 11.3. The van der Waals surface area contributed by atoms with Gasteiger partial charge in [-0.15, -0.1) is 0 Å². The zero-order valence-electron chi connectivity index (χ0n) is 14.8. The number of aryl methyl sites for hydroxylation is 1. The van der Waals surface area contributed by atoms with Crippen molar-refractivity contribution in [2.24, 2.45) is 0 Å². The Morgan fingerprint density at radius 1 is 1.17 bits per heavy atom. The lowest BCUT2D eigenvalue weighted by atomic mass is 10.1. The van der Waals surface area contributed by atoms with Crippen molar-refractivity contribution >= 4 is 5.91 Å². The molecular weight excluding hydrogens is 302 g/mol. The maximum absolute atomic E-state index is 12.3. The number of rotatable bonds is 7. The standard InChI is InChI=1S/C20H25NO3/c1-5-15(3)21-20(22)16-10-11-19(23-4)17(12-16)13-24-18-9-7-6-8-14(18)2/h6-12,15H,5,13H2,1-4H3,(H,21,22)/t15-/m1/s1. The number of benzene rings is 2. The molecule has 0 unspecified atom stereocenters. The second-order valence-corrected chi connectivity index (χ2v) is 5.86. The lowest BCUT2D eigenvalue weighted by molar-refractivity contribution is 0.0939. The molecule has 24 heavy (non-hydrogen) atoms. The molecule has 0 aliphatic heterocycles. The molecule has 0 radical (unpaired) electrons. The SMILES string of the molecule is CC[C@@H](C)NC(=O)c1ccc(OC)c(COc2ccccc2C)c1. The molecule has 2 aromatic rings. The molecule has 0 spiro atoms. The summed E-state index contributed by atoms with van der Waals surface area (Å²) in [5.41, 5.74) is 2.53. The van der Waals surface area contributed by atoms with Crippen LogP contribution < -0.4 is 14.8 Å². The van der Waals surface area contributed by atoms with Crippen LogP contribution in [0.5, 0.6) is 11.5 Å². The maximum Gasteiger partial charge on any atom is 0.251 e. The van der Waals surface area contributed by atoms with Gasteiger partial charge in [0.1, 0.15) is 18.1 Å². The Labute approximate surface area is 143 Å². The molecule has 0 fully saturated rings. The number of methoxy groups -OCH3 is 1. The van der Waals surface area contributed by atoms with Gasteiger partial charge in [0.05, 0.1) is 7.11 Å². The minimum absolute atomic E-state index is 0.0795. The second-order valence-electron chi connectivity index (χ2n) is 5.86. The largest absolute Gasteiger partial charge is 0.496 e. The van der Waals surface area contributed by atoms with Gasteiger partial charge in [0, 0.05) is 17.2 Å². The lowest BCUT2D eigenvalue weighted by Gasteiger charge is -2.15. The number of amides is 1. The van der Waals surface area contributed by atoms with Gasteiger partial charge in [0.15, 0.2) is 0 Å². The van der Waals surface area contributed by atoms with Crippen LogP contribution in [-0.2, 0) is 6.61 Å². The monoisotopic (exact) mass is 327 g/mol. The molecular formula is C20H25NO3. The summed E-state index contributed by atoms with van der Waals surface area (Å²) in [5.74, 6) is 1.46. The molecule has 1 atom stereocenters. The van der Waals surface area contributed by atoms with Gasteiger partial charge >= 0.3 is 0 Å². The van der Waals surface area contributed by atoms with E-state index in [0.29, 0.717) is 17.9 Å². The molecule has 0 aliphatic rings. The smallest absolute Gasteiger partial charge is 0.251 e. The molecule has 0 saturated carbocycles. The summed E-state index contributed by atoms with van der Waals surface area (Å²) in [6.45, 7) is 6.38. The van der Waals surface area contributed by atoms with Crippen LogP contribution in [0.3, 0.4) is 0 Å². The molecule has 2 aromatic carbocycles. The molecule has 0 saturated heterocycles. The number of carbonyl (C=O) groups excluding carboxylic acids is 1. The van der Waals surface area contributed by atoms with Crippen molar-refractivity contribution in [1.82, 2.24) is 5.32 Å². The summed E-state index contributed by atoms with van der Waals surface area (Å²) in [5, 5.41) is 2.97. The van der Waals surface area contributed by atoms with Crippen LogP contribution in [0, 0.1) is 6.92 Å². The van der Waals surface area contributed by atoms with Crippen molar-refractivity contribution in [2.75, 3.05) is 7.11 Å². The van der Waals surface area contributed by atoms with Crippen molar-refractivity contribution in [3.8, 4) is 11.5 Å². The number of ether oxygens (including phenoxy) is 2. The number of nitrogens with one attached hydrogen (secondary N) is 1. The summed E-state index contributed by atoms with van der Waals surface area (Å²) in [6.07, 6.45) is 0.894. The van der Waals surface area contributed by atoms with E-state index in [0.717, 1.165) is 23.3 Å². The van der Waals surface area contributed by atoms with Crippen LogP contribution in [-0.4, -0.2) is 19.1 Å². The highest BCUT2D eigenvalue weighted by atomic mass is 16.5. The Balaban J connectivity index is 2.17. The maximum atomic E-state index is 12.3. The normalized spacial score (nSPS) is 11.7. The van der Waals surface area contributed by atoms with Crippen LogP contribution in [0.4, 0.5) is 0 Å². The first-order valence-electron chi connectivity index (χ1n) is 8.21. The van der Waals surface area contributed by atoms with E-state index in [-0.39, 0.29) is 11.9 Å². The van der Waals surface area contributed by atoms with E-state index in [1.54, 1.807) is 13.2 Å². The number of para-hydroxylation sites is 1. The van der Waals surface area contributed by atoms with Gasteiger partial charge in [0.2, 0.25) is 0 Å². The van der Waals surface area contributed by atoms with Crippen molar-refractivity contribution < 1.29 is 14.3 Å². The zero-order valence-corrected chi connectivity index (χ0v) is 14.8. The third-order valence-corrected chi connectivity index (χ3v) is 4.01. The number of carbonyl (C=O) groups is 1. The first-order valence-corrected chi connectivity index (χ1v) is 8.21. The van der Waals surface area contributed by atoms with Gasteiger partial charge in [-0.25, -0.2) is 0 Å². The Bertz CT molecular complexity index is 697. The highest BCUT2D eigenvalue weighted by Gasteiger charge is 2.12. The Kier molecular flexibility index (Phi) is 6.24. The highest BCUT2D eigenvalue weighted by Crippen LogP contribution is 2.24. The Morgan fingerprint density at radius 2 is 1.92 bits per heavy atom. The topological polar surface area (TPSA) is 47.6 Å². The molecule has 0 aromatic heterocycles. The lowest BCUT2D eigenvalue weighted by Crippen LogP contribution is -2.31. The molecule has 1 N–H and O–H groups in total. The molecule has 0 bridgehead atoms. The van der Waals surface area contributed by atoms with Crippen molar-refractivity contribution in [2.45, 2.75) is 39.8 Å². The third kappa shape index (κ3) is 4.51. The van der Waals surface area contributed by atoms with E-state index < -0.39 is 0 Å². The molecule has 2 rings (SSSR count). The van der Waals surface area contributed by atoms with E-state index >= 15 is 0 Å². The fourth-order valence-corrected chi connectivity index (χ4v) is 2.32. The van der Waals surface area contributed by atoms with Crippen molar-refractivity contribution in [3.05, 3.63) is 59.2 Å². The fourth-order valence-electron chi connectivity index (χ4n) is 2.32. The van der Waals surface area contributed by atoms with Crippen LogP contribution in [0.1, 0.15) is 41.8 Å². The molecule has 0 aliphatic carbocycles. The quantitative estimate of drug-likeness (QED) is 0.832. The predicted octanol–water partition coefficient (Wildman–Crippen LogP) is 4.11. The first-order chi connectivity index (χ1) is 11.5. The molecule has 4 nitrogen and oxygen atoms in total. The van der Waals surface area contributed by atoms with Crippen molar-refractivity contribution in [1.29, 1.82) is 0 Å². The second kappa shape index (κ2) is 8.39. The molecule has 4 heteroatoms. The number of hydrogen-bond donors (Lipinski definition) is 1. The number of hydrogen-bond acceptors (Lipinski definition) is 3. The highest BCUT2D eigenvalue weighted by molar-refractivity contribution is 5.94. The van der Waals surface area contributed by atoms with Gasteiger partial charge in [-0.1, -0.05) is 25.1 Å². The zero-order chi connectivity index (χ0) is 17.5. The Morgan fingerprint density at radius 3 is 2.58 bits per heavy atom. The van der Waals surface area contributed by atoms with Gasteiger partial charge in [-0.3, -0.25) is 4.79 Å². The van der Waals surface area contributed by atoms with Crippen LogP contribution in [0.2, 0.25) is 0 Å². The molecule has 0 heterocycles. The van der Waals surface area contributed by atoms with Gasteiger partial charge in [0.25, 0.3) is 5.91 Å². The summed E-state index contributed by atoms with van der Waals surface area (Å²) in [7, 11) is 1.62. The summed E-state index contributed by atoms with van der Waals surface area (Å²) >= 11 is 0. The first kappa shape index (κ1) is 17.9. The molecule has 128 valence electrons. The molecule has 1 amide bonds. The van der Waals surface area contributed by atoms with Crippen LogP contribution >= 0.6 is 0 Å². The summed E-state index contributed by atoms with van der Waals surface area (Å²) in [6, 6.07) is 13.4. The van der Waals surface area contributed by atoms with Crippen molar-refractivity contribution in [3.63, 3.8) is 0 Å². The third-order valence-electron chi connectivity index (χ3n) is 4.01. The fraction of sp³-hybridized carbons (Fsp3) is 0.350. The average Bonchev–Trinajstić information content (AvgIpc) is 2.60. The van der Waals surface area contributed by atoms with E-state index in [4.69, 9.17) is 9.47 Å². The van der Waals surface area contributed by atoms with E-state index in [9.17, 15) is 4.79 Å². The minimum Gasteiger partial charge on any atom is -0.496 e. The van der Waals surface area contributed by atoms with Gasteiger partial charge in [-0.05, 0) is 50.1 Å². The Hall–Kier alpha value is -2.49. The van der Waals surface area contributed by atoms with Crippen LogP contribution in [0.25, 0.3) is 0 Å². The van der Waals surface area contributed by atoms with E-state index in [1.165, 1.54) is 0 Å². The predicted molar refractivity (Wildman–Crippen MR) is 95.7 cm³/mol. The van der Waals surface area contributed by atoms with E-state index in [2.05, 4.69) is 5.32 Å². The van der Waals surface area contributed by atoms with Crippen LogP contribution in [0.15, 0.2) is 42.5 Å².